The van der Waals surface area contributed by atoms with Gasteiger partial charge in [0.15, 0.2) is 0 Å². The van der Waals surface area contributed by atoms with Gasteiger partial charge < -0.3 is 0 Å². The molecule has 1 atom stereocenters. The highest BCUT2D eigenvalue weighted by Gasteiger charge is 2.25. The van der Waals surface area contributed by atoms with Gasteiger partial charge in [0.25, 0.3) is 0 Å². The molecule has 0 saturated carbocycles. The van der Waals surface area contributed by atoms with E-state index in [0.29, 0.717) is 6.04 Å². The number of rotatable bonds is 5. The molecule has 1 saturated heterocycles. The monoisotopic (exact) mass is 298 g/mol. The Morgan fingerprint density at radius 1 is 1.27 bits per heavy atom. The molecule has 1 aliphatic heterocycles. The smallest absolute Gasteiger partial charge is 0.0537 e. The van der Waals surface area contributed by atoms with Crippen LogP contribution in [-0.4, -0.2) is 26.2 Å². The Hall–Kier alpha value is -1.68. The molecular weight excluding hydrogens is 272 g/mol. The average molecular weight is 298 g/mol. The molecule has 0 radical (unpaired) electrons. The topological polar surface area (TPSA) is 34.0 Å². The van der Waals surface area contributed by atoms with E-state index in [-0.39, 0.29) is 0 Å². The summed E-state index contributed by atoms with van der Waals surface area (Å²) in [6.45, 7) is 7.57. The van der Waals surface area contributed by atoms with Crippen molar-refractivity contribution in [3.8, 4) is 0 Å². The van der Waals surface area contributed by atoms with Gasteiger partial charge in [-0.2, -0.15) is 5.10 Å². The Balaban J connectivity index is 1.77. The van der Waals surface area contributed by atoms with Crippen molar-refractivity contribution in [1.82, 2.24) is 19.7 Å². The van der Waals surface area contributed by atoms with Gasteiger partial charge in [-0.3, -0.25) is 14.6 Å². The lowest BCUT2D eigenvalue weighted by molar-refractivity contribution is 0.140. The predicted molar refractivity (Wildman–Crippen MR) is 88.5 cm³/mol. The lowest BCUT2D eigenvalue weighted by atomic mass is 9.96. The molecule has 3 rings (SSSR count). The Labute approximate surface area is 133 Å². The van der Waals surface area contributed by atoms with Crippen LogP contribution in [0.5, 0.6) is 0 Å². The first kappa shape index (κ1) is 15.2. The fraction of sp³-hybridized carbons (Fsp3) is 0.556. The normalized spacial score (nSPS) is 19.5. The molecular formula is C18H26N4. The summed E-state index contributed by atoms with van der Waals surface area (Å²) in [6.07, 6.45) is 10.9. The van der Waals surface area contributed by atoms with Gasteiger partial charge in [-0.25, -0.2) is 0 Å². The maximum absolute atomic E-state index is 4.55. The average Bonchev–Trinajstić information content (AvgIpc) is 2.90. The first-order valence-corrected chi connectivity index (χ1v) is 8.45. The fourth-order valence-electron chi connectivity index (χ4n) is 3.43. The van der Waals surface area contributed by atoms with Crippen LogP contribution in [0.25, 0.3) is 0 Å². The van der Waals surface area contributed by atoms with Crippen LogP contribution in [0.2, 0.25) is 0 Å². The van der Waals surface area contributed by atoms with E-state index in [1.54, 1.807) is 0 Å². The third kappa shape index (κ3) is 3.22. The molecule has 22 heavy (non-hydrogen) atoms. The maximum Gasteiger partial charge on any atom is 0.0537 e. The number of hydrogen-bond donors (Lipinski definition) is 0. The van der Waals surface area contributed by atoms with Crippen LogP contribution in [-0.2, 0) is 13.1 Å². The number of hydrogen-bond acceptors (Lipinski definition) is 3. The van der Waals surface area contributed by atoms with Gasteiger partial charge in [0.2, 0.25) is 0 Å². The molecule has 0 N–H and O–H groups in total. The lowest BCUT2D eigenvalue weighted by Gasteiger charge is -2.35. The van der Waals surface area contributed by atoms with Gasteiger partial charge in [-0.15, -0.1) is 0 Å². The zero-order valence-electron chi connectivity index (χ0n) is 13.7. The molecule has 2 aromatic heterocycles. The van der Waals surface area contributed by atoms with Gasteiger partial charge in [0, 0.05) is 42.8 Å². The second kappa shape index (κ2) is 7.05. The molecule has 118 valence electrons. The molecule has 1 unspecified atom stereocenters. The predicted octanol–water partition coefficient (Wildman–Crippen LogP) is 3.72. The van der Waals surface area contributed by atoms with Crippen molar-refractivity contribution in [2.75, 3.05) is 6.54 Å². The van der Waals surface area contributed by atoms with Crippen molar-refractivity contribution in [3.63, 3.8) is 0 Å². The fourth-order valence-corrected chi connectivity index (χ4v) is 3.43. The van der Waals surface area contributed by atoms with Crippen LogP contribution in [0.4, 0.5) is 0 Å². The molecule has 1 aliphatic rings. The van der Waals surface area contributed by atoms with Crippen molar-refractivity contribution in [2.45, 2.75) is 58.7 Å². The van der Waals surface area contributed by atoms with Gasteiger partial charge in [0.05, 0.1) is 6.20 Å². The standard InChI is InChI=1S/C18H26N4/c1-3-10-22-15(2)17(13-20-22)14-21-11-5-4-8-18(21)16-7-6-9-19-12-16/h6-7,9,12-13,18H,3-5,8,10-11,14H2,1-2H3. The van der Waals surface area contributed by atoms with Crippen molar-refractivity contribution in [3.05, 3.63) is 47.5 Å². The molecule has 0 aromatic carbocycles. The summed E-state index contributed by atoms with van der Waals surface area (Å²) >= 11 is 0. The minimum atomic E-state index is 0.497. The maximum atomic E-state index is 4.55. The number of pyridine rings is 1. The number of likely N-dealkylation sites (tertiary alicyclic amines) is 1. The molecule has 0 amide bonds. The van der Waals surface area contributed by atoms with E-state index >= 15 is 0 Å². The summed E-state index contributed by atoms with van der Waals surface area (Å²) in [7, 11) is 0. The Morgan fingerprint density at radius 2 is 2.18 bits per heavy atom. The molecule has 0 bridgehead atoms. The lowest BCUT2D eigenvalue weighted by Crippen LogP contribution is -2.33. The van der Waals surface area contributed by atoms with Crippen molar-refractivity contribution >= 4 is 0 Å². The van der Waals surface area contributed by atoms with E-state index in [0.717, 1.165) is 26.1 Å². The van der Waals surface area contributed by atoms with E-state index in [2.05, 4.69) is 45.8 Å². The second-order valence-electron chi connectivity index (χ2n) is 6.25. The van der Waals surface area contributed by atoms with Gasteiger partial charge in [-0.05, 0) is 44.4 Å². The van der Waals surface area contributed by atoms with Crippen molar-refractivity contribution in [2.24, 2.45) is 0 Å². The molecule has 0 aliphatic carbocycles. The van der Waals surface area contributed by atoms with Crippen LogP contribution in [0.3, 0.4) is 0 Å². The SMILES string of the molecule is CCCn1ncc(CN2CCCCC2c2cccnc2)c1C. The van der Waals surface area contributed by atoms with Crippen molar-refractivity contribution < 1.29 is 0 Å². The van der Waals surface area contributed by atoms with E-state index in [1.165, 1.54) is 36.1 Å². The number of aromatic nitrogens is 3. The van der Waals surface area contributed by atoms with Crippen LogP contribution < -0.4 is 0 Å². The first-order chi connectivity index (χ1) is 10.8. The Morgan fingerprint density at radius 3 is 2.95 bits per heavy atom. The molecule has 3 heterocycles. The molecule has 1 fully saturated rings. The van der Waals surface area contributed by atoms with Crippen LogP contribution >= 0.6 is 0 Å². The zero-order valence-corrected chi connectivity index (χ0v) is 13.7. The molecule has 2 aromatic rings. The van der Waals surface area contributed by atoms with E-state index in [1.807, 2.05) is 18.5 Å². The van der Waals surface area contributed by atoms with E-state index in [4.69, 9.17) is 0 Å². The summed E-state index contributed by atoms with van der Waals surface area (Å²) in [5.74, 6) is 0. The van der Waals surface area contributed by atoms with Crippen LogP contribution in [0, 0.1) is 6.92 Å². The minimum Gasteiger partial charge on any atom is -0.292 e. The molecule has 0 spiro atoms. The van der Waals surface area contributed by atoms with Crippen molar-refractivity contribution in [1.29, 1.82) is 0 Å². The summed E-state index contributed by atoms with van der Waals surface area (Å²) in [4.78, 5) is 6.90. The third-order valence-electron chi connectivity index (χ3n) is 4.70. The Bertz CT molecular complexity index is 590. The first-order valence-electron chi connectivity index (χ1n) is 8.45. The van der Waals surface area contributed by atoms with Gasteiger partial charge in [-0.1, -0.05) is 19.4 Å². The van der Waals surface area contributed by atoms with Gasteiger partial charge >= 0.3 is 0 Å². The molecule has 4 nitrogen and oxygen atoms in total. The number of nitrogens with zero attached hydrogens (tertiary/aromatic N) is 4. The van der Waals surface area contributed by atoms with Gasteiger partial charge in [0.1, 0.15) is 0 Å². The quantitative estimate of drug-likeness (QED) is 0.843. The summed E-state index contributed by atoms with van der Waals surface area (Å²) in [5.41, 5.74) is 4.03. The summed E-state index contributed by atoms with van der Waals surface area (Å²) < 4.78 is 2.14. The molecule has 4 heteroatoms. The Kier molecular flexibility index (Phi) is 4.88. The third-order valence-corrected chi connectivity index (χ3v) is 4.70. The highest BCUT2D eigenvalue weighted by molar-refractivity contribution is 5.19. The van der Waals surface area contributed by atoms with Crippen LogP contribution in [0.15, 0.2) is 30.7 Å². The second-order valence-corrected chi connectivity index (χ2v) is 6.25. The van der Waals surface area contributed by atoms with Crippen LogP contribution in [0.1, 0.15) is 55.5 Å². The highest BCUT2D eigenvalue weighted by atomic mass is 15.3. The van der Waals surface area contributed by atoms with E-state index < -0.39 is 0 Å². The largest absolute Gasteiger partial charge is 0.292 e. The summed E-state index contributed by atoms with van der Waals surface area (Å²) in [6, 6.07) is 4.76. The van der Waals surface area contributed by atoms with E-state index in [9.17, 15) is 0 Å². The highest BCUT2D eigenvalue weighted by Crippen LogP contribution is 2.32. The minimum absolute atomic E-state index is 0.497. The summed E-state index contributed by atoms with van der Waals surface area (Å²) in [5, 5.41) is 4.55. The number of aryl methyl sites for hydroxylation is 1. The zero-order chi connectivity index (χ0) is 15.4. The number of piperidine rings is 1.